The molecule has 0 spiro atoms. The van der Waals surface area contributed by atoms with Crippen molar-refractivity contribution in [3.8, 4) is 17.2 Å². The minimum Gasteiger partial charge on any atom is -0.493 e. The summed E-state index contributed by atoms with van der Waals surface area (Å²) in [6.45, 7) is 2.31. The van der Waals surface area contributed by atoms with E-state index in [1.807, 2.05) is 9.80 Å². The van der Waals surface area contributed by atoms with Crippen LogP contribution in [0.15, 0.2) is 12.1 Å². The van der Waals surface area contributed by atoms with Crippen LogP contribution in [-0.2, 0) is 4.79 Å². The number of piperazine rings is 1. The Labute approximate surface area is 190 Å². The van der Waals surface area contributed by atoms with Crippen LogP contribution in [-0.4, -0.2) is 69.1 Å². The molecule has 7 heteroatoms. The Hall–Kier alpha value is -2.44. The summed E-state index contributed by atoms with van der Waals surface area (Å²) in [5.74, 6) is 3.95. The van der Waals surface area contributed by atoms with E-state index in [0.717, 1.165) is 37.0 Å². The van der Waals surface area contributed by atoms with Crippen LogP contribution < -0.4 is 14.2 Å². The van der Waals surface area contributed by atoms with Crippen LogP contribution in [0.25, 0.3) is 0 Å². The van der Waals surface area contributed by atoms with Gasteiger partial charge in [0.25, 0.3) is 5.91 Å². The zero-order valence-corrected chi connectivity index (χ0v) is 19.4. The highest BCUT2D eigenvalue weighted by molar-refractivity contribution is 5.96. The number of nitrogens with zero attached hydrogens (tertiary/aromatic N) is 2. The van der Waals surface area contributed by atoms with Crippen LogP contribution in [0.4, 0.5) is 0 Å². The average molecular weight is 443 g/mol. The van der Waals surface area contributed by atoms with Crippen molar-refractivity contribution < 1.29 is 23.8 Å². The van der Waals surface area contributed by atoms with Gasteiger partial charge >= 0.3 is 0 Å². The van der Waals surface area contributed by atoms with Crippen molar-refractivity contribution in [3.63, 3.8) is 0 Å². The third-order valence-corrected chi connectivity index (χ3v) is 8.26. The monoisotopic (exact) mass is 442 g/mol. The Morgan fingerprint density at radius 2 is 1.25 bits per heavy atom. The standard InChI is InChI=1S/C25H34N2O5/c1-30-20-11-19(12-21(31-2)22(20)32-3)23(28)26-4-6-27(7-5-26)24(29)25-13-16-8-17(14-25)10-18(9-16)15-25/h11-12,16-18H,4-10,13-15H2,1-3H3. The maximum absolute atomic E-state index is 13.6. The molecule has 2 amide bonds. The molecule has 6 rings (SSSR count). The highest BCUT2D eigenvalue weighted by Gasteiger charge is 2.55. The molecule has 4 aliphatic carbocycles. The average Bonchev–Trinajstić information content (AvgIpc) is 2.81. The maximum atomic E-state index is 13.6. The normalized spacial score (nSPS) is 30.9. The van der Waals surface area contributed by atoms with Crippen molar-refractivity contribution in [1.82, 2.24) is 9.80 Å². The molecule has 1 aliphatic heterocycles. The topological polar surface area (TPSA) is 68.3 Å². The van der Waals surface area contributed by atoms with Crippen LogP contribution in [0.5, 0.6) is 17.2 Å². The maximum Gasteiger partial charge on any atom is 0.254 e. The van der Waals surface area contributed by atoms with Crippen molar-refractivity contribution >= 4 is 11.8 Å². The van der Waals surface area contributed by atoms with E-state index in [0.29, 0.717) is 54.9 Å². The fourth-order valence-corrected chi connectivity index (χ4v) is 7.21. The zero-order chi connectivity index (χ0) is 22.5. The van der Waals surface area contributed by atoms with Crippen molar-refractivity contribution in [3.05, 3.63) is 17.7 Å². The van der Waals surface area contributed by atoms with Gasteiger partial charge in [0, 0.05) is 31.7 Å². The number of carbonyl (C=O) groups is 2. The zero-order valence-electron chi connectivity index (χ0n) is 19.4. The lowest BCUT2D eigenvalue weighted by molar-refractivity contribution is -0.159. The minimum absolute atomic E-state index is 0.0776. The second kappa shape index (κ2) is 8.16. The number of hydrogen-bond acceptors (Lipinski definition) is 5. The third-order valence-electron chi connectivity index (χ3n) is 8.26. The van der Waals surface area contributed by atoms with Gasteiger partial charge in [-0.15, -0.1) is 0 Å². The van der Waals surface area contributed by atoms with E-state index in [-0.39, 0.29) is 11.3 Å². The van der Waals surface area contributed by atoms with Gasteiger partial charge in [-0.25, -0.2) is 0 Å². The van der Waals surface area contributed by atoms with Crippen LogP contribution in [0.2, 0.25) is 0 Å². The Bertz CT molecular complexity index is 845. The van der Waals surface area contributed by atoms with E-state index in [2.05, 4.69) is 0 Å². The first-order chi connectivity index (χ1) is 15.5. The number of amides is 2. The molecule has 32 heavy (non-hydrogen) atoms. The lowest BCUT2D eigenvalue weighted by atomic mass is 9.49. The lowest BCUT2D eigenvalue weighted by Crippen LogP contribution is -2.58. The first-order valence-electron chi connectivity index (χ1n) is 11.8. The number of carbonyl (C=O) groups excluding carboxylic acids is 2. The molecule has 4 saturated carbocycles. The second-order valence-electron chi connectivity index (χ2n) is 10.2. The summed E-state index contributed by atoms with van der Waals surface area (Å²) in [7, 11) is 4.63. The van der Waals surface area contributed by atoms with E-state index in [1.54, 1.807) is 33.5 Å². The Morgan fingerprint density at radius 1 is 0.781 bits per heavy atom. The van der Waals surface area contributed by atoms with Crippen LogP contribution in [0.1, 0.15) is 48.9 Å². The summed E-state index contributed by atoms with van der Waals surface area (Å²) in [6, 6.07) is 3.38. The van der Waals surface area contributed by atoms with Gasteiger partial charge in [-0.2, -0.15) is 0 Å². The third kappa shape index (κ3) is 3.50. The first kappa shape index (κ1) is 21.4. The van der Waals surface area contributed by atoms with Crippen LogP contribution in [0, 0.1) is 23.2 Å². The summed E-state index contributed by atoms with van der Waals surface area (Å²) in [4.78, 5) is 30.7. The molecule has 4 bridgehead atoms. The molecule has 174 valence electrons. The molecule has 5 aliphatic rings. The smallest absolute Gasteiger partial charge is 0.254 e. The van der Waals surface area contributed by atoms with E-state index < -0.39 is 0 Å². The van der Waals surface area contributed by atoms with Crippen LogP contribution in [0.3, 0.4) is 0 Å². The molecular formula is C25H34N2O5. The highest BCUT2D eigenvalue weighted by atomic mass is 16.5. The van der Waals surface area contributed by atoms with Crippen molar-refractivity contribution in [2.24, 2.45) is 23.2 Å². The molecule has 1 aromatic rings. The Morgan fingerprint density at radius 3 is 1.69 bits per heavy atom. The highest BCUT2D eigenvalue weighted by Crippen LogP contribution is 2.60. The van der Waals surface area contributed by atoms with Crippen molar-refractivity contribution in [2.45, 2.75) is 38.5 Å². The van der Waals surface area contributed by atoms with E-state index in [4.69, 9.17) is 14.2 Å². The van der Waals surface area contributed by atoms with Gasteiger partial charge < -0.3 is 24.0 Å². The van der Waals surface area contributed by atoms with Gasteiger partial charge in [0.2, 0.25) is 11.7 Å². The van der Waals surface area contributed by atoms with Gasteiger partial charge in [-0.3, -0.25) is 9.59 Å². The molecule has 0 N–H and O–H groups in total. The summed E-state index contributed by atoms with van der Waals surface area (Å²) >= 11 is 0. The number of hydrogen-bond donors (Lipinski definition) is 0. The molecule has 1 saturated heterocycles. The molecule has 0 radical (unpaired) electrons. The molecule has 0 unspecified atom stereocenters. The number of benzene rings is 1. The van der Waals surface area contributed by atoms with Gasteiger partial charge in [0.05, 0.1) is 26.7 Å². The van der Waals surface area contributed by atoms with Gasteiger partial charge in [-0.1, -0.05) is 0 Å². The number of ether oxygens (including phenoxy) is 3. The molecule has 1 aromatic carbocycles. The minimum atomic E-state index is -0.113. The van der Waals surface area contributed by atoms with E-state index >= 15 is 0 Å². The quantitative estimate of drug-likeness (QED) is 0.701. The fraction of sp³-hybridized carbons (Fsp3) is 0.680. The van der Waals surface area contributed by atoms with Gasteiger partial charge in [-0.05, 0) is 68.4 Å². The number of methoxy groups -OCH3 is 3. The summed E-state index contributed by atoms with van der Waals surface area (Å²) in [5, 5.41) is 0. The van der Waals surface area contributed by atoms with Crippen LogP contribution >= 0.6 is 0 Å². The van der Waals surface area contributed by atoms with Crippen molar-refractivity contribution in [1.29, 1.82) is 0 Å². The first-order valence-corrected chi connectivity index (χ1v) is 11.8. The molecule has 0 atom stereocenters. The molecule has 7 nitrogen and oxygen atoms in total. The number of rotatable bonds is 5. The van der Waals surface area contributed by atoms with E-state index in [9.17, 15) is 9.59 Å². The predicted molar refractivity (Wildman–Crippen MR) is 119 cm³/mol. The molecular weight excluding hydrogens is 408 g/mol. The lowest BCUT2D eigenvalue weighted by Gasteiger charge is -2.57. The summed E-state index contributed by atoms with van der Waals surface area (Å²) in [6.07, 6.45) is 7.27. The molecule has 0 aromatic heterocycles. The van der Waals surface area contributed by atoms with Gasteiger partial charge in [0.15, 0.2) is 11.5 Å². The Kier molecular flexibility index (Phi) is 5.46. The largest absolute Gasteiger partial charge is 0.493 e. The van der Waals surface area contributed by atoms with Crippen molar-refractivity contribution in [2.75, 3.05) is 47.5 Å². The fourth-order valence-electron chi connectivity index (χ4n) is 7.21. The molecule has 1 heterocycles. The summed E-state index contributed by atoms with van der Waals surface area (Å²) in [5.41, 5.74) is 0.387. The predicted octanol–water partition coefficient (Wildman–Crippen LogP) is 3.21. The van der Waals surface area contributed by atoms with Gasteiger partial charge in [0.1, 0.15) is 0 Å². The SMILES string of the molecule is COc1cc(C(=O)N2CCN(C(=O)C34CC5CC(CC(C5)C3)C4)CC2)cc(OC)c1OC. The van der Waals surface area contributed by atoms with E-state index in [1.165, 1.54) is 19.3 Å². The Balaban J connectivity index is 1.26. The second-order valence-corrected chi connectivity index (χ2v) is 10.2. The summed E-state index contributed by atoms with van der Waals surface area (Å²) < 4.78 is 16.1. The molecule has 5 fully saturated rings.